The van der Waals surface area contributed by atoms with E-state index < -0.39 is 52.5 Å². The van der Waals surface area contributed by atoms with Crippen molar-refractivity contribution in [3.63, 3.8) is 0 Å². The van der Waals surface area contributed by atoms with E-state index in [-0.39, 0.29) is 33.4 Å². The number of nitriles is 2. The van der Waals surface area contributed by atoms with Crippen LogP contribution in [-0.4, -0.2) is 15.0 Å². The number of rotatable bonds is 3. The summed E-state index contributed by atoms with van der Waals surface area (Å²) in [5.41, 5.74) is -2.88. The number of pyridine rings is 3. The number of aromatic nitrogens is 3. The number of hydrogen-bond acceptors (Lipinski definition) is 5. The molecular weight excluding hydrogens is 486 g/mol. The first kappa shape index (κ1) is 23.9. The minimum absolute atomic E-state index is 0.194. The van der Waals surface area contributed by atoms with Gasteiger partial charge in [0.1, 0.15) is 12.1 Å². The first-order valence-electron chi connectivity index (χ1n) is 9.58. The molecule has 3 aromatic heterocycles. The van der Waals surface area contributed by atoms with Gasteiger partial charge < -0.3 is 0 Å². The molecule has 0 N–H and O–H groups in total. The summed E-state index contributed by atoms with van der Waals surface area (Å²) in [7, 11) is 0. The molecule has 1 fully saturated rings. The predicted molar refractivity (Wildman–Crippen MR) is 111 cm³/mol. The first-order valence-corrected chi connectivity index (χ1v) is 9.58. The Morgan fingerprint density at radius 2 is 0.889 bits per heavy atom. The lowest BCUT2D eigenvalue weighted by molar-refractivity contribution is 0.511. The van der Waals surface area contributed by atoms with E-state index in [9.17, 15) is 36.9 Å². The Labute approximate surface area is 198 Å². The van der Waals surface area contributed by atoms with Crippen molar-refractivity contribution in [2.24, 2.45) is 0 Å². The van der Waals surface area contributed by atoms with Gasteiger partial charge in [-0.3, -0.25) is 0 Å². The highest BCUT2D eigenvalue weighted by molar-refractivity contribution is 6.11. The van der Waals surface area contributed by atoms with E-state index in [1.54, 1.807) is 12.1 Å². The molecule has 174 valence electrons. The lowest BCUT2D eigenvalue weighted by Gasteiger charge is -2.00. The fourth-order valence-corrected chi connectivity index (χ4v) is 3.54. The molecule has 0 atom stereocenters. The highest BCUT2D eigenvalue weighted by Crippen LogP contribution is 2.56. The van der Waals surface area contributed by atoms with Crippen LogP contribution in [-0.2, 0) is 0 Å². The maximum Gasteiger partial charge on any atom is 0.216 e. The molecule has 6 nitrogen and oxygen atoms in total. The van der Waals surface area contributed by atoms with Crippen LogP contribution >= 0.6 is 0 Å². The molecular formula is C24H6F6N6. The van der Waals surface area contributed by atoms with Gasteiger partial charge in [0, 0.05) is 35.4 Å². The number of nitrogens with zero attached hydrogens (tertiary/aromatic N) is 6. The fraction of sp³-hybridized carbons (Fsp3) is 0. The minimum atomic E-state index is -1.28. The van der Waals surface area contributed by atoms with Crippen molar-refractivity contribution in [2.75, 3.05) is 0 Å². The summed E-state index contributed by atoms with van der Waals surface area (Å²) >= 11 is 0. The van der Waals surface area contributed by atoms with Crippen molar-refractivity contribution in [2.45, 2.75) is 0 Å². The van der Waals surface area contributed by atoms with Gasteiger partial charge in [0.15, 0.2) is 0 Å². The van der Waals surface area contributed by atoms with Crippen LogP contribution in [0.3, 0.4) is 0 Å². The van der Waals surface area contributed by atoms with E-state index in [0.29, 0.717) is 36.4 Å². The quantitative estimate of drug-likeness (QED) is 0.214. The van der Waals surface area contributed by atoms with Crippen LogP contribution in [0.1, 0.15) is 16.7 Å². The summed E-state index contributed by atoms with van der Waals surface area (Å²) in [6.07, 6.45) is 0. The van der Waals surface area contributed by atoms with Crippen molar-refractivity contribution in [3.8, 4) is 12.1 Å². The van der Waals surface area contributed by atoms with Crippen LogP contribution in [0.4, 0.5) is 26.3 Å². The van der Waals surface area contributed by atoms with Crippen molar-refractivity contribution < 1.29 is 26.3 Å². The Kier molecular flexibility index (Phi) is 6.07. The molecule has 0 spiro atoms. The van der Waals surface area contributed by atoms with Gasteiger partial charge in [-0.05, 0) is 34.4 Å². The monoisotopic (exact) mass is 492 g/mol. The Balaban J connectivity index is 2.14. The summed E-state index contributed by atoms with van der Waals surface area (Å²) in [5, 5.41) is 19.6. The zero-order valence-electron chi connectivity index (χ0n) is 17.4. The highest BCUT2D eigenvalue weighted by Gasteiger charge is 2.41. The Morgan fingerprint density at radius 3 is 1.17 bits per heavy atom. The van der Waals surface area contributed by atoms with Crippen molar-refractivity contribution in [3.05, 3.63) is 117 Å². The molecule has 0 aliphatic heterocycles. The van der Waals surface area contributed by atoms with Crippen LogP contribution in [0, 0.1) is 64.9 Å². The molecule has 1 aliphatic carbocycles. The molecule has 0 amide bonds. The van der Waals surface area contributed by atoms with E-state index in [1.165, 1.54) is 0 Å². The van der Waals surface area contributed by atoms with E-state index in [1.807, 2.05) is 0 Å². The zero-order valence-corrected chi connectivity index (χ0v) is 17.4. The standard InChI is InChI=1S/C24H6F6N6/c1-33-24(12-6-19(29)36-20(30)7-12)23-21(13(8-31)10-2-15(25)34-16(26)3-10)22(23)14(9-32)11-4-17(27)35-18(28)5-11/h2-7H. The largest absolute Gasteiger partial charge is 0.237 e. The Bertz CT molecular complexity index is 1410. The van der Waals surface area contributed by atoms with Crippen LogP contribution < -0.4 is 0 Å². The van der Waals surface area contributed by atoms with Gasteiger partial charge in [0.25, 0.3) is 0 Å². The van der Waals surface area contributed by atoms with Crippen molar-refractivity contribution in [1.29, 1.82) is 10.5 Å². The van der Waals surface area contributed by atoms with Gasteiger partial charge >= 0.3 is 0 Å². The fourth-order valence-electron chi connectivity index (χ4n) is 3.54. The lowest BCUT2D eigenvalue weighted by atomic mass is 10.0. The second-order valence-electron chi connectivity index (χ2n) is 7.06. The highest BCUT2D eigenvalue weighted by atomic mass is 19.2. The molecule has 1 aliphatic rings. The molecule has 3 heterocycles. The van der Waals surface area contributed by atoms with Gasteiger partial charge in [0.05, 0.1) is 17.7 Å². The van der Waals surface area contributed by atoms with Gasteiger partial charge in [0.2, 0.25) is 41.4 Å². The molecule has 0 saturated heterocycles. The average molecular weight is 492 g/mol. The van der Waals surface area contributed by atoms with Gasteiger partial charge in [-0.2, -0.15) is 51.8 Å². The summed E-state index contributed by atoms with van der Waals surface area (Å²) in [5.74, 6) is -7.67. The molecule has 0 unspecified atom stereocenters. The van der Waals surface area contributed by atoms with Crippen LogP contribution in [0.2, 0.25) is 0 Å². The molecule has 0 bridgehead atoms. The third-order valence-electron chi connectivity index (χ3n) is 4.90. The van der Waals surface area contributed by atoms with Crippen molar-refractivity contribution >= 4 is 16.8 Å². The third-order valence-corrected chi connectivity index (χ3v) is 4.90. The number of halogens is 6. The van der Waals surface area contributed by atoms with E-state index in [4.69, 9.17) is 6.57 Å². The topological polar surface area (TPSA) is 90.6 Å². The summed E-state index contributed by atoms with van der Waals surface area (Å²) in [4.78, 5) is 12.1. The predicted octanol–water partition coefficient (Wildman–Crippen LogP) is 5.30. The van der Waals surface area contributed by atoms with Gasteiger partial charge in [-0.25, -0.2) is 4.85 Å². The Morgan fingerprint density at radius 1 is 0.583 bits per heavy atom. The maximum atomic E-state index is 13.8. The van der Waals surface area contributed by atoms with E-state index >= 15 is 0 Å². The first-order chi connectivity index (χ1) is 17.2. The summed E-state index contributed by atoms with van der Waals surface area (Å²) < 4.78 is 82.6. The molecule has 12 heteroatoms. The minimum Gasteiger partial charge on any atom is -0.237 e. The molecule has 4 rings (SSSR count). The molecule has 1 saturated carbocycles. The lowest BCUT2D eigenvalue weighted by Crippen LogP contribution is -1.93. The molecule has 0 aromatic carbocycles. The summed E-state index contributed by atoms with van der Waals surface area (Å²) in [6.45, 7) is 7.56. The van der Waals surface area contributed by atoms with Crippen LogP contribution in [0.5, 0.6) is 0 Å². The second kappa shape index (κ2) is 9.16. The molecule has 3 aromatic rings. The van der Waals surface area contributed by atoms with Crippen LogP contribution in [0.25, 0.3) is 21.7 Å². The van der Waals surface area contributed by atoms with E-state index in [0.717, 1.165) is 0 Å². The SMILES string of the molecule is [C-]#[N+]C(=C1C(=C(C#N)c2cc(F)nc(F)c2)C1=C(C#N)c1cc(F)nc(F)c1)c1cc(F)nc(F)c1. The second-order valence-corrected chi connectivity index (χ2v) is 7.06. The van der Waals surface area contributed by atoms with Crippen LogP contribution in [0.15, 0.2) is 53.1 Å². The zero-order chi connectivity index (χ0) is 26.1. The molecule has 0 radical (unpaired) electrons. The Hall–Kier alpha value is -5.28. The van der Waals surface area contributed by atoms with Crippen molar-refractivity contribution in [1.82, 2.24) is 15.0 Å². The number of hydrogen-bond donors (Lipinski definition) is 0. The number of allylic oxidation sites excluding steroid dienone is 5. The smallest absolute Gasteiger partial charge is 0.216 e. The van der Waals surface area contributed by atoms with Gasteiger partial charge in [-0.15, -0.1) is 0 Å². The molecule has 36 heavy (non-hydrogen) atoms. The maximum absolute atomic E-state index is 13.8. The average Bonchev–Trinajstić information content (AvgIpc) is 3.47. The third kappa shape index (κ3) is 4.41. The normalized spacial score (nSPS) is 14.9. The van der Waals surface area contributed by atoms with E-state index in [2.05, 4.69) is 19.8 Å². The van der Waals surface area contributed by atoms with Gasteiger partial charge in [-0.1, -0.05) is 0 Å². The summed E-state index contributed by atoms with van der Waals surface area (Å²) in [6, 6.07) is 7.71.